The Labute approximate surface area is 158 Å². The van der Waals surface area contributed by atoms with Crippen molar-refractivity contribution in [2.24, 2.45) is 0 Å². The number of rotatable bonds is 4. The van der Waals surface area contributed by atoms with Crippen molar-refractivity contribution in [1.29, 1.82) is 0 Å². The first-order valence-electron chi connectivity index (χ1n) is 8.68. The topological polar surface area (TPSA) is 71.4 Å². The van der Waals surface area contributed by atoms with Crippen LogP contribution in [0.2, 0.25) is 0 Å². The molecule has 3 aromatic rings. The number of hydrogen-bond donors (Lipinski definition) is 1. The van der Waals surface area contributed by atoms with Crippen molar-refractivity contribution < 1.29 is 13.2 Å². The van der Waals surface area contributed by atoms with E-state index in [9.17, 15) is 13.2 Å². The molecule has 27 heavy (non-hydrogen) atoms. The van der Waals surface area contributed by atoms with Crippen molar-refractivity contribution in [3.05, 3.63) is 78.6 Å². The molecule has 1 aliphatic rings. The van der Waals surface area contributed by atoms with Gasteiger partial charge in [0.15, 0.2) is 0 Å². The molecular weight excluding hydrogens is 362 g/mol. The van der Waals surface area contributed by atoms with E-state index in [-0.39, 0.29) is 11.7 Å². The number of benzene rings is 2. The van der Waals surface area contributed by atoms with Gasteiger partial charge in [0.25, 0.3) is 5.91 Å². The second kappa shape index (κ2) is 6.92. The molecule has 0 atom stereocenters. The number of carbonyl (C=O) groups excluding carboxylic acids is 1. The largest absolute Gasteiger partial charge is 0.324 e. The Morgan fingerprint density at radius 3 is 2.33 bits per heavy atom. The van der Waals surface area contributed by atoms with Crippen LogP contribution >= 0.6 is 0 Å². The Morgan fingerprint density at radius 2 is 1.67 bits per heavy atom. The first-order valence-corrected chi connectivity index (χ1v) is 10.3. The maximum atomic E-state index is 12.6. The highest BCUT2D eigenvalue weighted by Crippen LogP contribution is 2.25. The van der Waals surface area contributed by atoms with Crippen molar-refractivity contribution >= 4 is 27.3 Å². The molecule has 6 nitrogen and oxygen atoms in total. The lowest BCUT2D eigenvalue weighted by molar-refractivity contribution is 0.102. The third-order valence-corrected chi connectivity index (χ3v) is 6.39. The summed E-state index contributed by atoms with van der Waals surface area (Å²) >= 11 is 0. The molecule has 7 heteroatoms. The smallest absolute Gasteiger partial charge is 0.255 e. The van der Waals surface area contributed by atoms with E-state index in [1.807, 2.05) is 47.3 Å². The third kappa shape index (κ3) is 3.59. The zero-order valence-electron chi connectivity index (χ0n) is 14.6. The Balaban J connectivity index is 1.49. The molecule has 4 rings (SSSR count). The molecule has 1 saturated heterocycles. The number of anilines is 2. The van der Waals surface area contributed by atoms with Crippen molar-refractivity contribution in [2.75, 3.05) is 21.9 Å². The number of amides is 1. The minimum Gasteiger partial charge on any atom is -0.324 e. The van der Waals surface area contributed by atoms with Gasteiger partial charge in [0.1, 0.15) is 0 Å². The molecule has 0 spiro atoms. The second-order valence-corrected chi connectivity index (χ2v) is 8.40. The molecule has 0 bridgehead atoms. The van der Waals surface area contributed by atoms with Gasteiger partial charge >= 0.3 is 0 Å². The van der Waals surface area contributed by atoms with Gasteiger partial charge in [-0.25, -0.2) is 8.42 Å². The van der Waals surface area contributed by atoms with Gasteiger partial charge in [0.2, 0.25) is 10.0 Å². The Morgan fingerprint density at radius 1 is 0.926 bits per heavy atom. The predicted molar refractivity (Wildman–Crippen MR) is 106 cm³/mol. The van der Waals surface area contributed by atoms with E-state index >= 15 is 0 Å². The number of nitrogens with one attached hydrogen (secondary N) is 1. The first-order chi connectivity index (χ1) is 13.0. The van der Waals surface area contributed by atoms with Crippen LogP contribution in [0.3, 0.4) is 0 Å². The zero-order chi connectivity index (χ0) is 18.9. The highest BCUT2D eigenvalue weighted by atomic mass is 32.2. The van der Waals surface area contributed by atoms with E-state index in [1.165, 1.54) is 4.31 Å². The van der Waals surface area contributed by atoms with Gasteiger partial charge < -0.3 is 9.88 Å². The van der Waals surface area contributed by atoms with Crippen LogP contribution in [0.4, 0.5) is 11.4 Å². The molecule has 138 valence electrons. The van der Waals surface area contributed by atoms with Gasteiger partial charge in [0, 0.05) is 35.9 Å². The molecule has 1 fully saturated rings. The summed E-state index contributed by atoms with van der Waals surface area (Å²) < 4.78 is 27.3. The Kier molecular flexibility index (Phi) is 4.45. The standard InChI is InChI=1S/C20H19N3O3S/c24-20(16-5-3-6-19(15-16)22-11-1-2-12-22)21-17-7-9-18(10-8-17)23-13-4-14-27(23,25)26/h1-3,5-12,15H,4,13-14H2,(H,21,24). The molecule has 0 saturated carbocycles. The van der Waals surface area contributed by atoms with Crippen LogP contribution in [0.25, 0.3) is 5.69 Å². The van der Waals surface area contributed by atoms with Crippen LogP contribution in [-0.2, 0) is 10.0 Å². The lowest BCUT2D eigenvalue weighted by Gasteiger charge is -2.17. The maximum Gasteiger partial charge on any atom is 0.255 e. The van der Waals surface area contributed by atoms with Crippen LogP contribution in [0.5, 0.6) is 0 Å². The monoisotopic (exact) mass is 381 g/mol. The molecular formula is C20H19N3O3S. The van der Waals surface area contributed by atoms with E-state index in [4.69, 9.17) is 0 Å². The SMILES string of the molecule is O=C(Nc1ccc(N2CCCS2(=O)=O)cc1)c1cccc(-n2cccc2)c1. The third-order valence-electron chi connectivity index (χ3n) is 4.52. The van der Waals surface area contributed by atoms with Gasteiger partial charge in [-0.3, -0.25) is 9.10 Å². The molecule has 2 aromatic carbocycles. The quantitative estimate of drug-likeness (QED) is 0.754. The van der Waals surface area contributed by atoms with Crippen LogP contribution < -0.4 is 9.62 Å². The van der Waals surface area contributed by atoms with Crippen molar-refractivity contribution in [1.82, 2.24) is 4.57 Å². The average molecular weight is 381 g/mol. The van der Waals surface area contributed by atoms with Crippen molar-refractivity contribution in [3.63, 3.8) is 0 Å². The van der Waals surface area contributed by atoms with Gasteiger partial charge in [0.05, 0.1) is 11.4 Å². The number of carbonyl (C=O) groups is 1. The fraction of sp³-hybridized carbons (Fsp3) is 0.150. The number of sulfonamides is 1. The van der Waals surface area contributed by atoms with Gasteiger partial charge in [-0.15, -0.1) is 0 Å². The van der Waals surface area contributed by atoms with Crippen molar-refractivity contribution in [3.8, 4) is 5.69 Å². The number of aromatic nitrogens is 1. The maximum absolute atomic E-state index is 12.6. The van der Waals surface area contributed by atoms with Gasteiger partial charge in [-0.05, 0) is 61.0 Å². The van der Waals surface area contributed by atoms with E-state index in [2.05, 4.69) is 5.32 Å². The van der Waals surface area contributed by atoms with Crippen LogP contribution in [0.1, 0.15) is 16.8 Å². The normalized spacial score (nSPS) is 15.6. The summed E-state index contributed by atoms with van der Waals surface area (Å²) in [5.41, 5.74) is 2.70. The lowest BCUT2D eigenvalue weighted by atomic mass is 10.1. The highest BCUT2D eigenvalue weighted by molar-refractivity contribution is 7.93. The molecule has 1 N–H and O–H groups in total. The van der Waals surface area contributed by atoms with E-state index in [1.54, 1.807) is 30.3 Å². The van der Waals surface area contributed by atoms with Crippen LogP contribution in [0.15, 0.2) is 73.1 Å². The first kappa shape index (κ1) is 17.4. The predicted octanol–water partition coefficient (Wildman–Crippen LogP) is 3.27. The molecule has 1 amide bonds. The fourth-order valence-corrected chi connectivity index (χ4v) is 4.72. The number of nitrogens with zero attached hydrogens (tertiary/aromatic N) is 2. The molecule has 0 aliphatic carbocycles. The summed E-state index contributed by atoms with van der Waals surface area (Å²) in [4.78, 5) is 12.6. The molecule has 1 aliphatic heterocycles. The number of hydrogen-bond acceptors (Lipinski definition) is 3. The average Bonchev–Trinajstić information content (AvgIpc) is 3.32. The minimum atomic E-state index is -3.20. The zero-order valence-corrected chi connectivity index (χ0v) is 15.4. The van der Waals surface area contributed by atoms with E-state index in [0.29, 0.717) is 29.9 Å². The Hall–Kier alpha value is -3.06. The molecule has 0 unspecified atom stereocenters. The second-order valence-electron chi connectivity index (χ2n) is 6.38. The molecule has 0 radical (unpaired) electrons. The summed E-state index contributed by atoms with van der Waals surface area (Å²) in [6.07, 6.45) is 4.48. The van der Waals surface area contributed by atoms with Gasteiger partial charge in [-0.2, -0.15) is 0 Å². The highest BCUT2D eigenvalue weighted by Gasteiger charge is 2.28. The lowest BCUT2D eigenvalue weighted by Crippen LogP contribution is -2.24. The summed E-state index contributed by atoms with van der Waals surface area (Å²) in [6, 6.07) is 18.1. The van der Waals surface area contributed by atoms with Crippen LogP contribution in [0, 0.1) is 0 Å². The summed E-state index contributed by atoms with van der Waals surface area (Å²) in [5.74, 6) is -0.0333. The van der Waals surface area contributed by atoms with Crippen LogP contribution in [-0.4, -0.2) is 31.2 Å². The summed E-state index contributed by atoms with van der Waals surface area (Å²) in [5, 5.41) is 2.85. The Bertz CT molecular complexity index is 1060. The summed E-state index contributed by atoms with van der Waals surface area (Å²) in [7, 11) is -3.20. The van der Waals surface area contributed by atoms with E-state index in [0.717, 1.165) is 5.69 Å². The molecule has 1 aromatic heterocycles. The minimum absolute atomic E-state index is 0.184. The fourth-order valence-electron chi connectivity index (χ4n) is 3.16. The van der Waals surface area contributed by atoms with Crippen molar-refractivity contribution in [2.45, 2.75) is 6.42 Å². The van der Waals surface area contributed by atoms with Gasteiger partial charge in [-0.1, -0.05) is 6.07 Å². The summed E-state index contributed by atoms with van der Waals surface area (Å²) in [6.45, 7) is 0.500. The molecule has 2 heterocycles. The van der Waals surface area contributed by atoms with E-state index < -0.39 is 10.0 Å².